The first-order valence-electron chi connectivity index (χ1n) is 6.07. The lowest BCUT2D eigenvalue weighted by Crippen LogP contribution is -2.52. The second-order valence-electron chi connectivity index (χ2n) is 4.58. The van der Waals surface area contributed by atoms with Crippen molar-refractivity contribution in [2.45, 2.75) is 25.4 Å². The van der Waals surface area contributed by atoms with Crippen LogP contribution in [0.4, 0.5) is 0 Å². The normalized spacial score (nSPS) is 23.8. The van der Waals surface area contributed by atoms with Gasteiger partial charge < -0.3 is 10.2 Å². The number of rotatable bonds is 4. The highest BCUT2D eigenvalue weighted by Crippen LogP contribution is 2.20. The molecule has 2 atom stereocenters. The summed E-state index contributed by atoms with van der Waals surface area (Å²) >= 11 is 3.81. The minimum absolute atomic E-state index is 0.509. The predicted molar refractivity (Wildman–Crippen MR) is 77.1 cm³/mol. The number of nitrogens with one attached hydrogen (secondary N) is 1. The highest BCUT2D eigenvalue weighted by atomic mass is 32.2. The summed E-state index contributed by atoms with van der Waals surface area (Å²) in [4.78, 5) is 7.05. The Morgan fingerprint density at radius 2 is 2.47 bits per heavy atom. The molecule has 1 N–H and O–H groups in total. The molecule has 1 aliphatic rings. The van der Waals surface area contributed by atoms with Crippen molar-refractivity contribution in [2.75, 3.05) is 32.1 Å². The maximum atomic E-state index is 4.57. The summed E-state index contributed by atoms with van der Waals surface area (Å²) < 4.78 is 0. The number of aromatic nitrogens is 1. The van der Waals surface area contributed by atoms with Gasteiger partial charge in [-0.2, -0.15) is 11.8 Å². The van der Waals surface area contributed by atoms with Crippen molar-refractivity contribution in [3.63, 3.8) is 0 Å². The van der Waals surface area contributed by atoms with Crippen molar-refractivity contribution in [1.29, 1.82) is 0 Å². The summed E-state index contributed by atoms with van der Waals surface area (Å²) in [5, 5.41) is 6.83. The van der Waals surface area contributed by atoms with Crippen LogP contribution < -0.4 is 5.32 Å². The van der Waals surface area contributed by atoms with E-state index < -0.39 is 0 Å². The van der Waals surface area contributed by atoms with Gasteiger partial charge in [-0.25, -0.2) is 4.98 Å². The van der Waals surface area contributed by atoms with Gasteiger partial charge in [0.05, 0.1) is 10.7 Å². The van der Waals surface area contributed by atoms with Crippen LogP contribution in [0.1, 0.15) is 10.7 Å². The van der Waals surface area contributed by atoms with Gasteiger partial charge >= 0.3 is 0 Å². The molecule has 2 rings (SSSR count). The molecule has 0 spiro atoms. The summed E-state index contributed by atoms with van der Waals surface area (Å²) in [5.41, 5.74) is 1.23. The number of aryl methyl sites for hydroxylation is 1. The van der Waals surface area contributed by atoms with Gasteiger partial charge in [-0.05, 0) is 21.0 Å². The van der Waals surface area contributed by atoms with Gasteiger partial charge in [0.2, 0.25) is 0 Å². The third-order valence-electron chi connectivity index (χ3n) is 3.37. The van der Waals surface area contributed by atoms with Crippen LogP contribution in [0.5, 0.6) is 0 Å². The molecule has 0 radical (unpaired) electrons. The van der Waals surface area contributed by atoms with Gasteiger partial charge in [0.1, 0.15) is 0 Å². The fraction of sp³-hybridized carbons (Fsp3) is 0.750. The molecule has 1 aliphatic heterocycles. The molecule has 2 heterocycles. The number of nitrogens with zero attached hydrogens (tertiary/aromatic N) is 2. The van der Waals surface area contributed by atoms with E-state index >= 15 is 0 Å². The zero-order valence-corrected chi connectivity index (χ0v) is 12.4. The third-order valence-corrected chi connectivity index (χ3v) is 5.24. The van der Waals surface area contributed by atoms with Gasteiger partial charge in [0.25, 0.3) is 0 Å². The standard InChI is InChI=1S/C12H21N3S2/c1-9-14-10(7-17-9)6-11(13-2)12-8-16-5-4-15(12)3/h7,11-13H,4-6,8H2,1-3H3. The van der Waals surface area contributed by atoms with E-state index in [2.05, 4.69) is 53.4 Å². The van der Waals surface area contributed by atoms with E-state index in [0.29, 0.717) is 12.1 Å². The Balaban J connectivity index is 2.00. The molecule has 0 bridgehead atoms. The highest BCUT2D eigenvalue weighted by Gasteiger charge is 2.27. The average molecular weight is 271 g/mol. The second-order valence-corrected chi connectivity index (χ2v) is 6.79. The predicted octanol–water partition coefficient (Wildman–Crippen LogP) is 1.63. The van der Waals surface area contributed by atoms with Crippen molar-refractivity contribution in [1.82, 2.24) is 15.2 Å². The van der Waals surface area contributed by atoms with Crippen LogP contribution in [0.2, 0.25) is 0 Å². The van der Waals surface area contributed by atoms with E-state index in [9.17, 15) is 0 Å². The first kappa shape index (κ1) is 13.3. The van der Waals surface area contributed by atoms with E-state index in [4.69, 9.17) is 0 Å². The zero-order valence-electron chi connectivity index (χ0n) is 10.8. The molecule has 2 unspecified atom stereocenters. The number of hydrogen-bond donors (Lipinski definition) is 1. The van der Waals surface area contributed by atoms with Crippen LogP contribution in [0.25, 0.3) is 0 Å². The SMILES string of the molecule is CNC(Cc1csc(C)n1)C1CSCCN1C. The van der Waals surface area contributed by atoms with Crippen LogP contribution in [-0.4, -0.2) is 54.1 Å². The highest BCUT2D eigenvalue weighted by molar-refractivity contribution is 7.99. The lowest BCUT2D eigenvalue weighted by atomic mass is 10.0. The largest absolute Gasteiger partial charge is 0.315 e. The fourth-order valence-corrected chi connectivity index (χ4v) is 4.22. The summed E-state index contributed by atoms with van der Waals surface area (Å²) in [6.45, 7) is 3.27. The molecule has 1 aromatic heterocycles. The monoisotopic (exact) mass is 271 g/mol. The van der Waals surface area contributed by atoms with Crippen LogP contribution in [0.15, 0.2) is 5.38 Å². The molecule has 5 heteroatoms. The van der Waals surface area contributed by atoms with Crippen molar-refractivity contribution in [3.05, 3.63) is 16.1 Å². The number of thioether (sulfide) groups is 1. The van der Waals surface area contributed by atoms with Crippen molar-refractivity contribution in [2.24, 2.45) is 0 Å². The van der Waals surface area contributed by atoms with Crippen molar-refractivity contribution in [3.8, 4) is 0 Å². The van der Waals surface area contributed by atoms with Crippen LogP contribution in [0.3, 0.4) is 0 Å². The summed E-state index contributed by atoms with van der Waals surface area (Å²) in [5.74, 6) is 2.49. The molecule has 96 valence electrons. The number of hydrogen-bond acceptors (Lipinski definition) is 5. The molecule has 0 amide bonds. The van der Waals surface area contributed by atoms with Crippen molar-refractivity contribution >= 4 is 23.1 Å². The molecule has 0 aliphatic carbocycles. The van der Waals surface area contributed by atoms with E-state index in [1.807, 2.05) is 0 Å². The lowest BCUT2D eigenvalue weighted by molar-refractivity contribution is 0.218. The minimum Gasteiger partial charge on any atom is -0.315 e. The molecule has 1 saturated heterocycles. The minimum atomic E-state index is 0.509. The Labute approximate surface area is 112 Å². The Morgan fingerprint density at radius 3 is 3.06 bits per heavy atom. The molecule has 3 nitrogen and oxygen atoms in total. The molecular weight excluding hydrogens is 250 g/mol. The first-order valence-corrected chi connectivity index (χ1v) is 8.10. The van der Waals surface area contributed by atoms with Gasteiger partial charge in [0.15, 0.2) is 0 Å². The summed E-state index contributed by atoms with van der Waals surface area (Å²) in [7, 11) is 4.30. The number of thiazole rings is 1. The second kappa shape index (κ2) is 6.18. The van der Waals surface area contributed by atoms with E-state index in [1.165, 1.54) is 28.8 Å². The van der Waals surface area contributed by atoms with Gasteiger partial charge in [-0.3, -0.25) is 0 Å². The van der Waals surface area contributed by atoms with Crippen molar-refractivity contribution < 1.29 is 0 Å². The maximum absolute atomic E-state index is 4.57. The smallest absolute Gasteiger partial charge is 0.0897 e. The van der Waals surface area contributed by atoms with Gasteiger partial charge in [-0.1, -0.05) is 0 Å². The summed E-state index contributed by atoms with van der Waals surface area (Å²) in [6.07, 6.45) is 1.04. The van der Waals surface area contributed by atoms with E-state index in [-0.39, 0.29) is 0 Å². The Morgan fingerprint density at radius 1 is 1.65 bits per heavy atom. The molecule has 0 saturated carbocycles. The summed E-state index contributed by atoms with van der Waals surface area (Å²) in [6, 6.07) is 1.13. The van der Waals surface area contributed by atoms with E-state index in [1.54, 1.807) is 11.3 Å². The Bertz CT molecular complexity index is 353. The first-order chi connectivity index (χ1) is 8.20. The zero-order chi connectivity index (χ0) is 12.3. The molecule has 17 heavy (non-hydrogen) atoms. The average Bonchev–Trinajstić information content (AvgIpc) is 2.73. The third kappa shape index (κ3) is 3.44. The molecule has 0 aromatic carbocycles. The van der Waals surface area contributed by atoms with Crippen LogP contribution >= 0.6 is 23.1 Å². The molecule has 1 fully saturated rings. The molecular formula is C12H21N3S2. The fourth-order valence-electron chi connectivity index (χ4n) is 2.29. The lowest BCUT2D eigenvalue weighted by Gasteiger charge is -2.37. The Kier molecular flexibility index (Phi) is 4.85. The number of likely N-dealkylation sites (N-methyl/N-ethyl adjacent to an activating group) is 2. The Hall–Kier alpha value is -0.100. The topological polar surface area (TPSA) is 28.2 Å². The van der Waals surface area contributed by atoms with Gasteiger partial charge in [0, 0.05) is 41.9 Å². The van der Waals surface area contributed by atoms with Crippen LogP contribution in [-0.2, 0) is 6.42 Å². The van der Waals surface area contributed by atoms with E-state index in [0.717, 1.165) is 6.42 Å². The quantitative estimate of drug-likeness (QED) is 0.901. The maximum Gasteiger partial charge on any atom is 0.0897 e. The molecule has 1 aromatic rings. The van der Waals surface area contributed by atoms with Gasteiger partial charge in [-0.15, -0.1) is 11.3 Å². The van der Waals surface area contributed by atoms with Crippen LogP contribution in [0, 0.1) is 6.92 Å².